The number of nitrogens with zero attached hydrogens (tertiary/aromatic N) is 2. The zero-order valence-corrected chi connectivity index (χ0v) is 19.5. The van der Waals surface area contributed by atoms with Gasteiger partial charge in [-0.2, -0.15) is 5.10 Å². The van der Waals surface area contributed by atoms with Crippen LogP contribution in [0, 0.1) is 0 Å². The van der Waals surface area contributed by atoms with Crippen LogP contribution in [0.3, 0.4) is 0 Å². The number of rotatable bonds is 7. The van der Waals surface area contributed by atoms with Crippen LogP contribution < -0.4 is 9.73 Å². The lowest BCUT2D eigenvalue weighted by molar-refractivity contribution is 0.0955. The molecule has 3 aromatic rings. The molecule has 0 saturated carbocycles. The SMILES string of the molecule is C/C(=N\NC(=O)c1ccc(N(Cc2ccccc2)S(C)(=O)=O)cc1)c1ccc(Br)cc1. The molecule has 6 nitrogen and oxygen atoms in total. The largest absolute Gasteiger partial charge is 0.271 e. The second kappa shape index (κ2) is 9.89. The molecule has 0 aliphatic carbocycles. The molecule has 3 rings (SSSR count). The highest BCUT2D eigenvalue weighted by Crippen LogP contribution is 2.21. The Morgan fingerprint density at radius 3 is 2.10 bits per heavy atom. The molecule has 31 heavy (non-hydrogen) atoms. The molecule has 0 aliphatic rings. The van der Waals surface area contributed by atoms with Crippen LogP contribution in [0.2, 0.25) is 0 Å². The van der Waals surface area contributed by atoms with Crippen molar-refractivity contribution in [1.29, 1.82) is 0 Å². The van der Waals surface area contributed by atoms with Crippen LogP contribution >= 0.6 is 15.9 Å². The highest BCUT2D eigenvalue weighted by molar-refractivity contribution is 9.10. The van der Waals surface area contributed by atoms with E-state index in [1.807, 2.05) is 54.6 Å². The van der Waals surface area contributed by atoms with Gasteiger partial charge in [0, 0.05) is 10.0 Å². The third-order valence-corrected chi connectivity index (χ3v) is 6.24. The third-order valence-electron chi connectivity index (χ3n) is 4.57. The Morgan fingerprint density at radius 2 is 1.52 bits per heavy atom. The predicted molar refractivity (Wildman–Crippen MR) is 128 cm³/mol. The summed E-state index contributed by atoms with van der Waals surface area (Å²) >= 11 is 3.38. The number of carbonyl (C=O) groups is 1. The van der Waals surface area contributed by atoms with Crippen molar-refractivity contribution in [1.82, 2.24) is 5.43 Å². The number of hydrazone groups is 1. The molecule has 0 unspecified atom stereocenters. The maximum atomic E-state index is 12.4. The van der Waals surface area contributed by atoms with Gasteiger partial charge in [-0.15, -0.1) is 0 Å². The van der Waals surface area contributed by atoms with Crippen molar-refractivity contribution in [3.05, 3.63) is 100 Å². The Bertz CT molecular complexity index is 1180. The van der Waals surface area contributed by atoms with Crippen LogP contribution in [0.5, 0.6) is 0 Å². The summed E-state index contributed by atoms with van der Waals surface area (Å²) < 4.78 is 26.9. The Hall–Kier alpha value is -2.97. The van der Waals surface area contributed by atoms with Crippen LogP contribution in [0.15, 0.2) is 88.4 Å². The zero-order valence-electron chi connectivity index (χ0n) is 17.1. The van der Waals surface area contributed by atoms with Crippen molar-refractivity contribution in [2.45, 2.75) is 13.5 Å². The molecule has 0 bridgehead atoms. The summed E-state index contributed by atoms with van der Waals surface area (Å²) in [6, 6.07) is 23.3. The van der Waals surface area contributed by atoms with E-state index >= 15 is 0 Å². The normalized spacial score (nSPS) is 11.8. The minimum absolute atomic E-state index is 0.210. The molecule has 0 aromatic heterocycles. The maximum absolute atomic E-state index is 12.4. The van der Waals surface area contributed by atoms with Crippen molar-refractivity contribution in [2.75, 3.05) is 10.6 Å². The molecule has 0 atom stereocenters. The van der Waals surface area contributed by atoms with Crippen molar-refractivity contribution >= 4 is 43.3 Å². The molecular formula is C23H22BrN3O3S. The quantitative estimate of drug-likeness (QED) is 0.382. The number of hydrogen-bond donors (Lipinski definition) is 1. The lowest BCUT2D eigenvalue weighted by Gasteiger charge is -2.22. The first-order valence-electron chi connectivity index (χ1n) is 9.46. The highest BCUT2D eigenvalue weighted by Gasteiger charge is 2.18. The summed E-state index contributed by atoms with van der Waals surface area (Å²) in [6.45, 7) is 2.02. The van der Waals surface area contributed by atoms with Gasteiger partial charge < -0.3 is 0 Å². The first kappa shape index (κ1) is 22.7. The van der Waals surface area contributed by atoms with E-state index in [4.69, 9.17) is 0 Å². The highest BCUT2D eigenvalue weighted by atomic mass is 79.9. The van der Waals surface area contributed by atoms with E-state index in [1.165, 1.54) is 4.31 Å². The number of sulfonamides is 1. The fourth-order valence-corrected chi connectivity index (χ4v) is 4.04. The molecule has 3 aromatic carbocycles. The van der Waals surface area contributed by atoms with Gasteiger partial charge in [0.2, 0.25) is 10.0 Å². The van der Waals surface area contributed by atoms with E-state index in [9.17, 15) is 13.2 Å². The summed E-state index contributed by atoms with van der Waals surface area (Å²) in [7, 11) is -3.50. The number of benzene rings is 3. The van der Waals surface area contributed by atoms with Gasteiger partial charge in [0.25, 0.3) is 5.91 Å². The van der Waals surface area contributed by atoms with Crippen LogP contribution in [0.4, 0.5) is 5.69 Å². The standard InChI is InChI=1S/C23H22BrN3O3S/c1-17(19-8-12-21(24)13-9-19)25-26-23(28)20-10-14-22(15-11-20)27(31(2,29)30)16-18-6-4-3-5-7-18/h3-15H,16H2,1-2H3,(H,26,28)/b25-17+. The van der Waals surface area contributed by atoms with Crippen LogP contribution in [0.1, 0.15) is 28.4 Å². The van der Waals surface area contributed by atoms with Gasteiger partial charge in [-0.3, -0.25) is 9.10 Å². The fourth-order valence-electron chi connectivity index (χ4n) is 2.88. The number of carbonyl (C=O) groups excluding carboxylic acids is 1. The molecule has 0 spiro atoms. The second-order valence-electron chi connectivity index (χ2n) is 6.95. The first-order chi connectivity index (χ1) is 14.7. The van der Waals surface area contributed by atoms with Gasteiger partial charge in [0.05, 0.1) is 24.2 Å². The average molecular weight is 500 g/mol. The van der Waals surface area contributed by atoms with Crippen LogP contribution in [0.25, 0.3) is 0 Å². The summed E-state index contributed by atoms with van der Waals surface area (Å²) in [6.07, 6.45) is 1.16. The third kappa shape index (κ3) is 6.26. The van der Waals surface area contributed by atoms with Gasteiger partial charge in [-0.05, 0) is 54.4 Å². The Morgan fingerprint density at radius 1 is 0.935 bits per heavy atom. The summed E-state index contributed by atoms with van der Waals surface area (Å²) in [4.78, 5) is 12.4. The molecular weight excluding hydrogens is 478 g/mol. The molecule has 0 radical (unpaired) electrons. The number of amides is 1. The average Bonchev–Trinajstić information content (AvgIpc) is 2.76. The Labute approximate surface area is 190 Å². The van der Waals surface area contributed by atoms with E-state index in [0.717, 1.165) is 21.9 Å². The molecule has 0 saturated heterocycles. The van der Waals surface area contributed by atoms with Gasteiger partial charge in [0.15, 0.2) is 0 Å². The smallest absolute Gasteiger partial charge is 0.267 e. The summed E-state index contributed by atoms with van der Waals surface area (Å²) in [5, 5.41) is 4.15. The van der Waals surface area contributed by atoms with Crippen molar-refractivity contribution < 1.29 is 13.2 Å². The number of nitrogens with one attached hydrogen (secondary N) is 1. The van der Waals surface area contributed by atoms with Gasteiger partial charge >= 0.3 is 0 Å². The zero-order chi connectivity index (χ0) is 22.4. The molecule has 0 aliphatic heterocycles. The van der Waals surface area contributed by atoms with Crippen molar-refractivity contribution in [3.8, 4) is 0 Å². The predicted octanol–water partition coefficient (Wildman–Crippen LogP) is 4.57. The Balaban J connectivity index is 1.73. The second-order valence-corrected chi connectivity index (χ2v) is 9.77. The van der Waals surface area contributed by atoms with E-state index < -0.39 is 10.0 Å². The van der Waals surface area contributed by atoms with Crippen LogP contribution in [-0.4, -0.2) is 26.3 Å². The monoisotopic (exact) mass is 499 g/mol. The van der Waals surface area contributed by atoms with Gasteiger partial charge in [-0.25, -0.2) is 13.8 Å². The van der Waals surface area contributed by atoms with Gasteiger partial charge in [0.1, 0.15) is 0 Å². The maximum Gasteiger partial charge on any atom is 0.271 e. The molecule has 1 N–H and O–H groups in total. The fraction of sp³-hybridized carbons (Fsp3) is 0.130. The lowest BCUT2D eigenvalue weighted by atomic mass is 10.1. The molecule has 160 valence electrons. The number of hydrogen-bond acceptors (Lipinski definition) is 4. The lowest BCUT2D eigenvalue weighted by Crippen LogP contribution is -2.29. The van der Waals surface area contributed by atoms with Gasteiger partial charge in [-0.1, -0.05) is 58.4 Å². The summed E-state index contributed by atoms with van der Waals surface area (Å²) in [5.74, 6) is -0.378. The van der Waals surface area contributed by atoms with Crippen molar-refractivity contribution in [2.24, 2.45) is 5.10 Å². The van der Waals surface area contributed by atoms with E-state index in [2.05, 4.69) is 26.5 Å². The molecule has 1 amide bonds. The van der Waals surface area contributed by atoms with E-state index in [1.54, 1.807) is 31.2 Å². The van der Waals surface area contributed by atoms with E-state index in [-0.39, 0.29) is 12.5 Å². The van der Waals surface area contributed by atoms with Crippen LogP contribution in [-0.2, 0) is 16.6 Å². The first-order valence-corrected chi connectivity index (χ1v) is 12.1. The number of halogens is 1. The minimum Gasteiger partial charge on any atom is -0.267 e. The Kier molecular flexibility index (Phi) is 7.25. The minimum atomic E-state index is -3.50. The molecule has 0 heterocycles. The van der Waals surface area contributed by atoms with Crippen molar-refractivity contribution in [3.63, 3.8) is 0 Å². The topological polar surface area (TPSA) is 78.8 Å². The summed E-state index contributed by atoms with van der Waals surface area (Å²) in [5.41, 5.74) is 5.83. The number of anilines is 1. The van der Waals surface area contributed by atoms with E-state index in [0.29, 0.717) is 17.0 Å². The molecule has 0 fully saturated rings. The molecule has 8 heteroatoms.